The van der Waals surface area contributed by atoms with Gasteiger partial charge in [0.2, 0.25) is 0 Å². The van der Waals surface area contributed by atoms with Gasteiger partial charge in [-0.2, -0.15) is 13.2 Å². The minimum absolute atomic E-state index is 0.653. The van der Waals surface area contributed by atoms with Gasteiger partial charge < -0.3 is 9.30 Å². The van der Waals surface area contributed by atoms with Gasteiger partial charge in [0, 0.05) is 38.6 Å². The summed E-state index contributed by atoms with van der Waals surface area (Å²) in [5.41, 5.74) is 9.67. The van der Waals surface area contributed by atoms with Crippen molar-refractivity contribution in [2.45, 2.75) is 6.18 Å². The SMILES string of the molecule is FC(F)(F)c1ccc(-c2ccc(N(c3ccc(-c4ccccc4)cc3)c3ccc4c5cccc6c7ccccc7n(c4c3)c65)cc2)cc1. The summed E-state index contributed by atoms with van der Waals surface area (Å²) in [6.45, 7) is 0. The lowest BCUT2D eigenvalue weighted by atomic mass is 10.0. The number of benzene rings is 7. The van der Waals surface area contributed by atoms with Gasteiger partial charge in [0.1, 0.15) is 0 Å². The third-order valence-corrected chi connectivity index (χ3v) is 9.37. The number of rotatable bonds is 5. The van der Waals surface area contributed by atoms with E-state index in [9.17, 15) is 13.2 Å². The first kappa shape index (κ1) is 28.2. The maximum absolute atomic E-state index is 13.2. The van der Waals surface area contributed by atoms with Crippen molar-refractivity contribution >= 4 is 55.2 Å². The third kappa shape index (κ3) is 4.50. The van der Waals surface area contributed by atoms with E-state index in [1.54, 1.807) is 0 Å². The molecule has 7 aromatic carbocycles. The Morgan fingerprint density at radius 3 is 1.48 bits per heavy atom. The van der Waals surface area contributed by atoms with E-state index in [-0.39, 0.29) is 0 Å². The molecule has 0 aliphatic carbocycles. The van der Waals surface area contributed by atoms with Gasteiger partial charge in [0.25, 0.3) is 0 Å². The van der Waals surface area contributed by atoms with Crippen molar-refractivity contribution in [3.05, 3.63) is 169 Å². The summed E-state index contributed by atoms with van der Waals surface area (Å²) >= 11 is 0. The van der Waals surface area contributed by atoms with E-state index in [0.717, 1.165) is 57.0 Å². The molecule has 5 heteroatoms. The second-order valence-corrected chi connectivity index (χ2v) is 12.1. The number of aromatic nitrogens is 1. The molecule has 0 saturated heterocycles. The Labute approximate surface area is 274 Å². The van der Waals surface area contributed by atoms with Crippen molar-refractivity contribution in [2.75, 3.05) is 4.90 Å². The molecule has 0 spiro atoms. The summed E-state index contributed by atoms with van der Waals surface area (Å²) in [6.07, 6.45) is -4.37. The molecule has 0 radical (unpaired) electrons. The first-order valence-electron chi connectivity index (χ1n) is 15.8. The number of para-hydroxylation sites is 2. The number of nitrogens with zero attached hydrogens (tertiary/aromatic N) is 2. The molecule has 2 nitrogen and oxygen atoms in total. The van der Waals surface area contributed by atoms with Crippen molar-refractivity contribution < 1.29 is 13.2 Å². The van der Waals surface area contributed by atoms with E-state index in [1.165, 1.54) is 44.7 Å². The Morgan fingerprint density at radius 2 is 0.875 bits per heavy atom. The molecule has 0 saturated carbocycles. The van der Waals surface area contributed by atoms with Crippen LogP contribution >= 0.6 is 0 Å². The number of fused-ring (bicyclic) bond motifs is 6. The highest BCUT2D eigenvalue weighted by Crippen LogP contribution is 2.43. The average molecular weight is 629 g/mol. The summed E-state index contributed by atoms with van der Waals surface area (Å²) in [6, 6.07) is 53.9. The van der Waals surface area contributed by atoms with Crippen LogP contribution in [0.1, 0.15) is 5.56 Å². The molecule has 48 heavy (non-hydrogen) atoms. The van der Waals surface area contributed by atoms with Crippen LogP contribution in [0.4, 0.5) is 30.2 Å². The standard InChI is InChI=1S/C43H27F3N2/c44-43(45,46)32-19-13-29(14-20-32)31-17-23-34(24-18-31)47(33-21-15-30(16-22-33)28-7-2-1-3-8-28)35-25-26-37-39-11-6-10-38-36-9-4-5-12-40(36)48(42(38)39)41(37)27-35/h1-27H. The van der Waals surface area contributed by atoms with Crippen molar-refractivity contribution in [1.82, 2.24) is 4.40 Å². The van der Waals surface area contributed by atoms with Gasteiger partial charge in [-0.3, -0.25) is 0 Å². The highest BCUT2D eigenvalue weighted by Gasteiger charge is 2.30. The van der Waals surface area contributed by atoms with Gasteiger partial charge in [-0.15, -0.1) is 0 Å². The van der Waals surface area contributed by atoms with Gasteiger partial charge in [0.15, 0.2) is 0 Å². The first-order valence-corrected chi connectivity index (χ1v) is 15.8. The lowest BCUT2D eigenvalue weighted by Crippen LogP contribution is -2.10. The minimum atomic E-state index is -4.37. The number of alkyl halides is 3. The van der Waals surface area contributed by atoms with E-state index in [4.69, 9.17) is 0 Å². The average Bonchev–Trinajstić information content (AvgIpc) is 3.65. The monoisotopic (exact) mass is 628 g/mol. The number of anilines is 3. The first-order chi connectivity index (χ1) is 23.4. The molecule has 0 amide bonds. The zero-order chi connectivity index (χ0) is 32.4. The molecule has 0 unspecified atom stereocenters. The molecule has 9 aromatic rings. The number of hydrogen-bond donors (Lipinski definition) is 0. The quantitative estimate of drug-likeness (QED) is 0.184. The Hall–Kier alpha value is -6.07. The van der Waals surface area contributed by atoms with Crippen LogP contribution in [0.15, 0.2) is 164 Å². The molecule has 0 aliphatic heterocycles. The molecule has 2 aromatic heterocycles. The molecule has 230 valence electrons. The van der Waals surface area contributed by atoms with Gasteiger partial charge >= 0.3 is 6.18 Å². The maximum atomic E-state index is 13.2. The fraction of sp³-hybridized carbons (Fsp3) is 0.0233. The van der Waals surface area contributed by atoms with Gasteiger partial charge in [-0.1, -0.05) is 109 Å². The Bertz CT molecular complexity index is 2570. The Morgan fingerprint density at radius 1 is 0.396 bits per heavy atom. The summed E-state index contributed by atoms with van der Waals surface area (Å²) in [5.74, 6) is 0. The molecule has 0 fully saturated rings. The highest BCUT2D eigenvalue weighted by atomic mass is 19.4. The molecule has 9 rings (SSSR count). The van der Waals surface area contributed by atoms with Crippen LogP contribution in [0.2, 0.25) is 0 Å². The van der Waals surface area contributed by atoms with Gasteiger partial charge in [0.05, 0.1) is 22.1 Å². The van der Waals surface area contributed by atoms with Crippen LogP contribution in [0.25, 0.3) is 60.3 Å². The van der Waals surface area contributed by atoms with Crippen LogP contribution < -0.4 is 4.90 Å². The summed E-state index contributed by atoms with van der Waals surface area (Å²) < 4.78 is 41.9. The zero-order valence-electron chi connectivity index (χ0n) is 25.6. The molecular weight excluding hydrogens is 601 g/mol. The van der Waals surface area contributed by atoms with Crippen LogP contribution in [-0.4, -0.2) is 4.40 Å². The van der Waals surface area contributed by atoms with Crippen molar-refractivity contribution in [2.24, 2.45) is 0 Å². The van der Waals surface area contributed by atoms with Crippen LogP contribution in [0.3, 0.4) is 0 Å². The molecular formula is C43H27F3N2. The normalized spacial score (nSPS) is 12.1. The lowest BCUT2D eigenvalue weighted by Gasteiger charge is -2.26. The van der Waals surface area contributed by atoms with E-state index < -0.39 is 11.7 Å². The second-order valence-electron chi connectivity index (χ2n) is 12.1. The van der Waals surface area contributed by atoms with Crippen LogP contribution in [0.5, 0.6) is 0 Å². The number of hydrogen-bond acceptors (Lipinski definition) is 1. The van der Waals surface area contributed by atoms with E-state index in [1.807, 2.05) is 42.5 Å². The zero-order valence-corrected chi connectivity index (χ0v) is 25.6. The molecule has 0 atom stereocenters. The van der Waals surface area contributed by atoms with E-state index in [2.05, 4.69) is 106 Å². The second kappa shape index (κ2) is 10.7. The Balaban J connectivity index is 1.20. The number of halogens is 3. The molecule has 0 N–H and O–H groups in total. The topological polar surface area (TPSA) is 7.65 Å². The van der Waals surface area contributed by atoms with Crippen molar-refractivity contribution in [3.63, 3.8) is 0 Å². The smallest absolute Gasteiger partial charge is 0.310 e. The van der Waals surface area contributed by atoms with Gasteiger partial charge in [-0.25, -0.2) is 0 Å². The van der Waals surface area contributed by atoms with Crippen LogP contribution in [0, 0.1) is 0 Å². The fourth-order valence-corrected chi connectivity index (χ4v) is 7.09. The van der Waals surface area contributed by atoms with Crippen molar-refractivity contribution in [3.8, 4) is 22.3 Å². The molecule has 0 bridgehead atoms. The Kier molecular flexibility index (Phi) is 6.31. The fourth-order valence-electron chi connectivity index (χ4n) is 7.09. The molecule has 2 heterocycles. The van der Waals surface area contributed by atoms with Crippen molar-refractivity contribution in [1.29, 1.82) is 0 Å². The predicted octanol–water partition coefficient (Wildman–Crippen LogP) is 12.7. The van der Waals surface area contributed by atoms with E-state index >= 15 is 0 Å². The summed E-state index contributed by atoms with van der Waals surface area (Å²) in [5, 5.41) is 4.90. The molecule has 0 aliphatic rings. The largest absolute Gasteiger partial charge is 0.416 e. The minimum Gasteiger partial charge on any atom is -0.310 e. The van der Waals surface area contributed by atoms with Crippen LogP contribution in [-0.2, 0) is 6.18 Å². The summed E-state index contributed by atoms with van der Waals surface area (Å²) in [7, 11) is 0. The summed E-state index contributed by atoms with van der Waals surface area (Å²) in [4.78, 5) is 2.23. The van der Waals surface area contributed by atoms with E-state index in [0.29, 0.717) is 0 Å². The predicted molar refractivity (Wildman–Crippen MR) is 192 cm³/mol. The van der Waals surface area contributed by atoms with Gasteiger partial charge in [-0.05, 0) is 76.9 Å². The third-order valence-electron chi connectivity index (χ3n) is 9.37. The maximum Gasteiger partial charge on any atom is 0.416 e. The highest BCUT2D eigenvalue weighted by molar-refractivity contribution is 6.23. The lowest BCUT2D eigenvalue weighted by molar-refractivity contribution is -0.137.